The first-order valence-corrected chi connectivity index (χ1v) is 7.39. The maximum Gasteiger partial charge on any atom is 0.241 e. The summed E-state index contributed by atoms with van der Waals surface area (Å²) in [6, 6.07) is 17.2. The molecule has 0 aromatic heterocycles. The molecule has 2 aromatic carbocycles. The second kappa shape index (κ2) is 7.60. The fourth-order valence-corrected chi connectivity index (χ4v) is 2.32. The number of rotatable bonds is 6. The molecule has 3 heteroatoms. The minimum atomic E-state index is -0.540. The van der Waals surface area contributed by atoms with Crippen molar-refractivity contribution in [2.45, 2.75) is 32.2 Å². The van der Waals surface area contributed by atoms with Crippen LogP contribution in [-0.4, -0.2) is 11.9 Å². The van der Waals surface area contributed by atoms with Crippen molar-refractivity contribution in [2.75, 3.05) is 5.32 Å². The Morgan fingerprint density at radius 2 is 1.76 bits per heavy atom. The zero-order chi connectivity index (χ0) is 15.1. The number of benzene rings is 2. The van der Waals surface area contributed by atoms with Gasteiger partial charge in [-0.15, -0.1) is 0 Å². The molecule has 1 atom stereocenters. The number of carbonyl (C=O) groups is 1. The molecule has 2 rings (SSSR count). The third-order valence-corrected chi connectivity index (χ3v) is 3.43. The molecular weight excluding hydrogens is 260 g/mol. The summed E-state index contributed by atoms with van der Waals surface area (Å²) in [5.41, 5.74) is 9.10. The molecule has 2 aromatic rings. The Hall–Kier alpha value is -2.13. The SMILES string of the molecule is CCCc1ccccc1NC(=O)[C@@H](N)Cc1ccccc1. The third kappa shape index (κ3) is 4.43. The topological polar surface area (TPSA) is 55.1 Å². The maximum absolute atomic E-state index is 12.2. The zero-order valence-electron chi connectivity index (χ0n) is 12.4. The lowest BCUT2D eigenvalue weighted by Gasteiger charge is -2.15. The summed E-state index contributed by atoms with van der Waals surface area (Å²) in [5.74, 6) is -0.137. The number of nitrogens with one attached hydrogen (secondary N) is 1. The number of para-hydroxylation sites is 1. The van der Waals surface area contributed by atoms with Gasteiger partial charge in [0.25, 0.3) is 0 Å². The molecule has 0 unspecified atom stereocenters. The van der Waals surface area contributed by atoms with E-state index in [2.05, 4.69) is 12.2 Å². The average Bonchev–Trinajstić information content (AvgIpc) is 2.50. The van der Waals surface area contributed by atoms with E-state index < -0.39 is 6.04 Å². The molecule has 0 fully saturated rings. The number of hydrogen-bond donors (Lipinski definition) is 2. The number of hydrogen-bond acceptors (Lipinski definition) is 2. The number of anilines is 1. The van der Waals surface area contributed by atoms with Crippen LogP contribution >= 0.6 is 0 Å². The van der Waals surface area contributed by atoms with Crippen LogP contribution in [0.3, 0.4) is 0 Å². The molecule has 0 spiro atoms. The van der Waals surface area contributed by atoms with Gasteiger partial charge in [-0.25, -0.2) is 0 Å². The van der Waals surface area contributed by atoms with Crippen molar-refractivity contribution in [3.05, 3.63) is 65.7 Å². The largest absolute Gasteiger partial charge is 0.324 e. The fraction of sp³-hybridized carbons (Fsp3) is 0.278. The summed E-state index contributed by atoms with van der Waals surface area (Å²) in [6.45, 7) is 2.12. The highest BCUT2D eigenvalue weighted by molar-refractivity contribution is 5.95. The van der Waals surface area contributed by atoms with Crippen molar-refractivity contribution in [2.24, 2.45) is 5.73 Å². The normalized spacial score (nSPS) is 11.9. The summed E-state index contributed by atoms with van der Waals surface area (Å²) in [4.78, 5) is 12.2. The van der Waals surface area contributed by atoms with Crippen LogP contribution in [0.1, 0.15) is 24.5 Å². The lowest BCUT2D eigenvalue weighted by molar-refractivity contribution is -0.117. The van der Waals surface area contributed by atoms with Crippen LogP contribution in [0, 0.1) is 0 Å². The van der Waals surface area contributed by atoms with Gasteiger partial charge >= 0.3 is 0 Å². The predicted molar refractivity (Wildman–Crippen MR) is 87.2 cm³/mol. The van der Waals surface area contributed by atoms with Crippen LogP contribution in [0.15, 0.2) is 54.6 Å². The standard InChI is InChI=1S/C18H22N2O/c1-2-8-15-11-6-7-12-17(15)20-18(21)16(19)13-14-9-4-3-5-10-14/h3-7,9-12,16H,2,8,13,19H2,1H3,(H,20,21)/t16-/m0/s1. The molecule has 0 aliphatic rings. The van der Waals surface area contributed by atoms with Crippen LogP contribution < -0.4 is 11.1 Å². The Labute approximate surface area is 126 Å². The van der Waals surface area contributed by atoms with Gasteiger partial charge in [-0.1, -0.05) is 61.9 Å². The first-order valence-electron chi connectivity index (χ1n) is 7.39. The van der Waals surface area contributed by atoms with Crippen LogP contribution in [0.25, 0.3) is 0 Å². The van der Waals surface area contributed by atoms with Gasteiger partial charge in [0.15, 0.2) is 0 Å². The van der Waals surface area contributed by atoms with E-state index in [9.17, 15) is 4.79 Å². The van der Waals surface area contributed by atoms with Gasteiger partial charge in [-0.2, -0.15) is 0 Å². The third-order valence-electron chi connectivity index (χ3n) is 3.43. The second-order valence-corrected chi connectivity index (χ2v) is 5.19. The Morgan fingerprint density at radius 1 is 1.10 bits per heavy atom. The summed E-state index contributed by atoms with van der Waals surface area (Å²) >= 11 is 0. The van der Waals surface area contributed by atoms with E-state index in [1.54, 1.807) is 0 Å². The van der Waals surface area contributed by atoms with Crippen molar-refractivity contribution in [3.8, 4) is 0 Å². The molecule has 0 aliphatic heterocycles. The molecule has 3 nitrogen and oxygen atoms in total. The molecule has 1 amide bonds. The fourth-order valence-electron chi connectivity index (χ4n) is 2.32. The van der Waals surface area contributed by atoms with Crippen LogP contribution in [-0.2, 0) is 17.6 Å². The monoisotopic (exact) mass is 282 g/mol. The molecule has 0 saturated heterocycles. The zero-order valence-corrected chi connectivity index (χ0v) is 12.4. The van der Waals surface area contributed by atoms with E-state index in [0.29, 0.717) is 6.42 Å². The van der Waals surface area contributed by atoms with E-state index in [-0.39, 0.29) is 5.91 Å². The molecule has 0 saturated carbocycles. The molecule has 3 N–H and O–H groups in total. The van der Waals surface area contributed by atoms with Crippen molar-refractivity contribution < 1.29 is 4.79 Å². The molecule has 0 radical (unpaired) electrons. The van der Waals surface area contributed by atoms with Gasteiger partial charge in [0.2, 0.25) is 5.91 Å². The van der Waals surface area contributed by atoms with E-state index >= 15 is 0 Å². The van der Waals surface area contributed by atoms with Crippen molar-refractivity contribution in [1.82, 2.24) is 0 Å². The van der Waals surface area contributed by atoms with Gasteiger partial charge in [0, 0.05) is 5.69 Å². The Morgan fingerprint density at radius 3 is 2.48 bits per heavy atom. The highest BCUT2D eigenvalue weighted by atomic mass is 16.2. The Balaban J connectivity index is 2.01. The van der Waals surface area contributed by atoms with E-state index in [1.165, 1.54) is 0 Å². The number of carbonyl (C=O) groups excluding carboxylic acids is 1. The molecule has 0 heterocycles. The van der Waals surface area contributed by atoms with E-state index in [0.717, 1.165) is 29.7 Å². The lowest BCUT2D eigenvalue weighted by Crippen LogP contribution is -2.37. The highest BCUT2D eigenvalue weighted by Gasteiger charge is 2.15. The molecule has 110 valence electrons. The van der Waals surface area contributed by atoms with Gasteiger partial charge in [0.1, 0.15) is 0 Å². The predicted octanol–water partition coefficient (Wildman–Crippen LogP) is 3.15. The molecule has 21 heavy (non-hydrogen) atoms. The number of nitrogens with two attached hydrogens (primary N) is 1. The van der Waals surface area contributed by atoms with E-state index in [1.807, 2.05) is 54.6 Å². The molecule has 0 bridgehead atoms. The van der Waals surface area contributed by atoms with Gasteiger partial charge in [0.05, 0.1) is 6.04 Å². The highest BCUT2D eigenvalue weighted by Crippen LogP contribution is 2.17. The van der Waals surface area contributed by atoms with Gasteiger partial charge < -0.3 is 11.1 Å². The first kappa shape index (κ1) is 15.3. The van der Waals surface area contributed by atoms with E-state index in [4.69, 9.17) is 5.73 Å². The number of amides is 1. The minimum absolute atomic E-state index is 0.137. The quantitative estimate of drug-likeness (QED) is 0.855. The Kier molecular flexibility index (Phi) is 5.52. The van der Waals surface area contributed by atoms with Crippen molar-refractivity contribution in [3.63, 3.8) is 0 Å². The van der Waals surface area contributed by atoms with Gasteiger partial charge in [-0.3, -0.25) is 4.79 Å². The average molecular weight is 282 g/mol. The van der Waals surface area contributed by atoms with Gasteiger partial charge in [-0.05, 0) is 30.0 Å². The summed E-state index contributed by atoms with van der Waals surface area (Å²) < 4.78 is 0. The first-order chi connectivity index (χ1) is 10.2. The lowest BCUT2D eigenvalue weighted by atomic mass is 10.0. The van der Waals surface area contributed by atoms with Crippen LogP contribution in [0.4, 0.5) is 5.69 Å². The van der Waals surface area contributed by atoms with Crippen molar-refractivity contribution >= 4 is 11.6 Å². The molecular formula is C18H22N2O. The van der Waals surface area contributed by atoms with Crippen LogP contribution in [0.2, 0.25) is 0 Å². The summed E-state index contributed by atoms with van der Waals surface area (Å²) in [7, 11) is 0. The second-order valence-electron chi connectivity index (χ2n) is 5.19. The number of aryl methyl sites for hydroxylation is 1. The summed E-state index contributed by atoms with van der Waals surface area (Å²) in [6.07, 6.45) is 2.54. The Bertz CT molecular complexity index is 581. The molecule has 0 aliphatic carbocycles. The van der Waals surface area contributed by atoms with Crippen LogP contribution in [0.5, 0.6) is 0 Å². The maximum atomic E-state index is 12.2. The van der Waals surface area contributed by atoms with Crippen molar-refractivity contribution in [1.29, 1.82) is 0 Å². The smallest absolute Gasteiger partial charge is 0.241 e. The minimum Gasteiger partial charge on any atom is -0.324 e. The summed E-state index contributed by atoms with van der Waals surface area (Å²) in [5, 5.41) is 2.95.